The molecule has 118 valence electrons. The molecule has 0 radical (unpaired) electrons. The first kappa shape index (κ1) is 16.5. The van der Waals surface area contributed by atoms with Crippen molar-refractivity contribution in [3.63, 3.8) is 0 Å². The molecule has 0 fully saturated rings. The lowest BCUT2D eigenvalue weighted by Gasteiger charge is -2.20. The zero-order chi connectivity index (χ0) is 16.1. The molecule has 1 amide bonds. The van der Waals surface area contributed by atoms with Crippen molar-refractivity contribution in [2.45, 2.75) is 20.3 Å². The van der Waals surface area contributed by atoms with Gasteiger partial charge >= 0.3 is 0 Å². The van der Waals surface area contributed by atoms with Crippen LogP contribution in [-0.2, 0) is 4.79 Å². The Morgan fingerprint density at radius 3 is 2.91 bits per heavy atom. The summed E-state index contributed by atoms with van der Waals surface area (Å²) >= 11 is 6.30. The summed E-state index contributed by atoms with van der Waals surface area (Å²) in [4.78, 5) is 11.3. The maximum absolute atomic E-state index is 11.3. The van der Waals surface area contributed by atoms with E-state index in [2.05, 4.69) is 10.5 Å². The molecule has 0 spiro atoms. The molecule has 0 saturated carbocycles. The number of nitrogens with zero attached hydrogens (tertiary/aromatic N) is 1. The normalized spacial score (nSPS) is 18.3. The van der Waals surface area contributed by atoms with Crippen molar-refractivity contribution < 1.29 is 14.6 Å². The summed E-state index contributed by atoms with van der Waals surface area (Å²) in [7, 11) is 0. The average Bonchev–Trinajstić information content (AvgIpc) is 2.45. The minimum absolute atomic E-state index is 0.0154. The fourth-order valence-corrected chi connectivity index (χ4v) is 2.66. The number of ether oxygens (including phenoxy) is 1. The van der Waals surface area contributed by atoms with E-state index in [0.717, 1.165) is 16.8 Å². The van der Waals surface area contributed by atoms with Gasteiger partial charge in [0, 0.05) is 17.9 Å². The molecule has 6 heteroatoms. The van der Waals surface area contributed by atoms with Gasteiger partial charge in [-0.1, -0.05) is 24.6 Å². The third kappa shape index (κ3) is 3.87. The summed E-state index contributed by atoms with van der Waals surface area (Å²) < 4.78 is 5.62. The first-order chi connectivity index (χ1) is 10.5. The third-order valence-corrected chi connectivity index (χ3v) is 3.66. The van der Waals surface area contributed by atoms with Gasteiger partial charge in [-0.05, 0) is 30.7 Å². The SMILES string of the molecule is Cc1cc(C2=NNC(=O)CC2C)cc(Cl)c1OC/C=C\CO. The van der Waals surface area contributed by atoms with Gasteiger partial charge in [-0.25, -0.2) is 5.43 Å². The Labute approximate surface area is 134 Å². The number of carbonyl (C=O) groups excluding carboxylic acids is 1. The first-order valence-corrected chi connectivity index (χ1v) is 7.46. The lowest BCUT2D eigenvalue weighted by molar-refractivity contribution is -0.121. The van der Waals surface area contributed by atoms with Crippen LogP contribution >= 0.6 is 11.6 Å². The quantitative estimate of drug-likeness (QED) is 0.818. The Morgan fingerprint density at radius 2 is 2.27 bits per heavy atom. The number of nitrogens with one attached hydrogen (secondary N) is 1. The molecule has 1 heterocycles. The zero-order valence-corrected chi connectivity index (χ0v) is 13.4. The van der Waals surface area contributed by atoms with Crippen LogP contribution in [0.15, 0.2) is 29.4 Å². The molecule has 5 nitrogen and oxygen atoms in total. The minimum atomic E-state index is -0.0744. The molecule has 2 rings (SSSR count). The van der Waals surface area contributed by atoms with Crippen LogP contribution in [0.25, 0.3) is 0 Å². The van der Waals surface area contributed by atoms with Gasteiger partial charge in [0.1, 0.15) is 12.4 Å². The summed E-state index contributed by atoms with van der Waals surface area (Å²) in [5.74, 6) is 0.583. The molecule has 1 aliphatic heterocycles. The highest BCUT2D eigenvalue weighted by Crippen LogP contribution is 2.31. The molecule has 1 atom stereocenters. The number of hydrogen-bond donors (Lipinski definition) is 2. The number of aryl methyl sites for hydroxylation is 1. The summed E-state index contributed by atoms with van der Waals surface area (Å²) in [6, 6.07) is 3.75. The van der Waals surface area contributed by atoms with E-state index >= 15 is 0 Å². The van der Waals surface area contributed by atoms with Crippen molar-refractivity contribution in [2.75, 3.05) is 13.2 Å². The second kappa shape index (κ2) is 7.42. The molecule has 0 bridgehead atoms. The van der Waals surface area contributed by atoms with Crippen molar-refractivity contribution in [1.29, 1.82) is 0 Å². The molecule has 0 aliphatic carbocycles. The van der Waals surface area contributed by atoms with Gasteiger partial charge in [0.15, 0.2) is 0 Å². The highest BCUT2D eigenvalue weighted by atomic mass is 35.5. The van der Waals surface area contributed by atoms with E-state index in [0.29, 0.717) is 23.8 Å². The van der Waals surface area contributed by atoms with Crippen molar-refractivity contribution >= 4 is 23.2 Å². The fraction of sp³-hybridized carbons (Fsp3) is 0.375. The second-order valence-corrected chi connectivity index (χ2v) is 5.61. The largest absolute Gasteiger partial charge is 0.488 e. The average molecular weight is 323 g/mol. The third-order valence-electron chi connectivity index (χ3n) is 3.38. The number of hydrazone groups is 1. The molecule has 2 N–H and O–H groups in total. The van der Waals surface area contributed by atoms with Crippen molar-refractivity contribution in [2.24, 2.45) is 11.0 Å². The van der Waals surface area contributed by atoms with E-state index in [1.165, 1.54) is 0 Å². The number of aliphatic hydroxyl groups is 1. The summed E-state index contributed by atoms with van der Waals surface area (Å²) in [5, 5.41) is 13.3. The summed E-state index contributed by atoms with van der Waals surface area (Å²) in [6.07, 6.45) is 3.75. The number of halogens is 1. The van der Waals surface area contributed by atoms with E-state index in [1.54, 1.807) is 18.2 Å². The molecular weight excluding hydrogens is 304 g/mol. The van der Waals surface area contributed by atoms with Crippen molar-refractivity contribution in [1.82, 2.24) is 5.43 Å². The maximum atomic E-state index is 11.3. The molecule has 22 heavy (non-hydrogen) atoms. The van der Waals surface area contributed by atoms with Crippen LogP contribution in [-0.4, -0.2) is 29.9 Å². The van der Waals surface area contributed by atoms with Crippen LogP contribution in [0, 0.1) is 12.8 Å². The molecule has 1 unspecified atom stereocenters. The zero-order valence-electron chi connectivity index (χ0n) is 12.6. The van der Waals surface area contributed by atoms with Crippen LogP contribution < -0.4 is 10.2 Å². The van der Waals surface area contributed by atoms with Crippen LogP contribution in [0.1, 0.15) is 24.5 Å². The fourth-order valence-electron chi connectivity index (χ4n) is 2.34. The van der Waals surface area contributed by atoms with Crippen LogP contribution in [0.4, 0.5) is 0 Å². The molecular formula is C16H19ClN2O3. The summed E-state index contributed by atoms with van der Waals surface area (Å²) in [6.45, 7) is 4.20. The molecule has 1 aromatic carbocycles. The Kier molecular flexibility index (Phi) is 5.57. The van der Waals surface area contributed by atoms with Gasteiger partial charge in [-0.2, -0.15) is 5.10 Å². The molecule has 1 aliphatic rings. The molecule has 0 saturated heterocycles. The van der Waals surface area contributed by atoms with Gasteiger partial charge in [-0.15, -0.1) is 0 Å². The number of amides is 1. The van der Waals surface area contributed by atoms with Gasteiger partial charge in [-0.3, -0.25) is 4.79 Å². The van der Waals surface area contributed by atoms with Crippen molar-refractivity contribution in [3.05, 3.63) is 40.4 Å². The molecule has 1 aromatic rings. The minimum Gasteiger partial charge on any atom is -0.488 e. The van der Waals surface area contributed by atoms with Crippen LogP contribution in [0.3, 0.4) is 0 Å². The van der Waals surface area contributed by atoms with E-state index in [9.17, 15) is 4.79 Å². The van der Waals surface area contributed by atoms with E-state index < -0.39 is 0 Å². The van der Waals surface area contributed by atoms with Crippen molar-refractivity contribution in [3.8, 4) is 5.75 Å². The maximum Gasteiger partial charge on any atom is 0.240 e. The van der Waals surface area contributed by atoms with E-state index in [-0.39, 0.29) is 18.4 Å². The second-order valence-electron chi connectivity index (χ2n) is 5.21. The van der Waals surface area contributed by atoms with Gasteiger partial charge in [0.2, 0.25) is 5.91 Å². The Bertz CT molecular complexity index is 603. The first-order valence-electron chi connectivity index (χ1n) is 7.08. The predicted molar refractivity (Wildman–Crippen MR) is 86.4 cm³/mol. The van der Waals surface area contributed by atoms with Gasteiger partial charge in [0.25, 0.3) is 0 Å². The topological polar surface area (TPSA) is 70.9 Å². The summed E-state index contributed by atoms with van der Waals surface area (Å²) in [5.41, 5.74) is 5.10. The number of hydrogen-bond acceptors (Lipinski definition) is 4. The van der Waals surface area contributed by atoms with E-state index in [1.807, 2.05) is 19.9 Å². The number of rotatable bonds is 5. The monoisotopic (exact) mass is 322 g/mol. The standard InChI is InChI=1S/C16H19ClN2O3/c1-10-8-14(21)18-19-15(10)12-7-11(2)16(13(17)9-12)22-6-4-3-5-20/h3-4,7,9-10,20H,5-6,8H2,1-2H3,(H,18,21)/b4-3-. The lowest BCUT2D eigenvalue weighted by Crippen LogP contribution is -2.32. The van der Waals surface area contributed by atoms with Crippen LogP contribution in [0.2, 0.25) is 5.02 Å². The van der Waals surface area contributed by atoms with Gasteiger partial charge < -0.3 is 9.84 Å². The number of benzene rings is 1. The number of aliphatic hydroxyl groups excluding tert-OH is 1. The van der Waals surface area contributed by atoms with E-state index in [4.69, 9.17) is 21.4 Å². The highest BCUT2D eigenvalue weighted by Gasteiger charge is 2.22. The Hall–Kier alpha value is -1.85. The smallest absolute Gasteiger partial charge is 0.240 e. The Morgan fingerprint density at radius 1 is 1.50 bits per heavy atom. The van der Waals surface area contributed by atoms with Gasteiger partial charge in [0.05, 0.1) is 17.3 Å². The highest BCUT2D eigenvalue weighted by molar-refractivity contribution is 6.32. The molecule has 0 aromatic heterocycles. The number of carbonyl (C=O) groups is 1. The lowest BCUT2D eigenvalue weighted by atomic mass is 9.93. The predicted octanol–water partition coefficient (Wildman–Crippen LogP) is 2.44. The van der Waals surface area contributed by atoms with Crippen LogP contribution in [0.5, 0.6) is 5.75 Å². The Balaban J connectivity index is 2.22.